The molecule has 0 bridgehead atoms. The number of hydrogen-bond donors (Lipinski definition) is 1. The smallest absolute Gasteiger partial charge is 0.244 e. The summed E-state index contributed by atoms with van der Waals surface area (Å²) in [5, 5.41) is 3.97. The van der Waals surface area contributed by atoms with E-state index < -0.39 is 0 Å². The molecule has 2 rings (SSSR count). The predicted molar refractivity (Wildman–Crippen MR) is 94.6 cm³/mol. The largest absolute Gasteiger partial charge is 0.493 e. The lowest BCUT2D eigenvalue weighted by atomic mass is 10.1. The molecule has 0 radical (unpaired) electrons. The van der Waals surface area contributed by atoms with Crippen LogP contribution in [0.5, 0.6) is 11.5 Å². The number of nitrogens with zero attached hydrogens (tertiary/aromatic N) is 1. The number of amides is 1. The van der Waals surface area contributed by atoms with Crippen molar-refractivity contribution in [1.29, 1.82) is 0 Å². The second-order valence-corrected chi connectivity index (χ2v) is 4.97. The van der Waals surface area contributed by atoms with Gasteiger partial charge < -0.3 is 9.47 Å². The molecule has 1 amide bonds. The zero-order valence-electron chi connectivity index (χ0n) is 13.6. The Labute approximate surface area is 141 Å². The van der Waals surface area contributed by atoms with Gasteiger partial charge in [0.2, 0.25) is 5.91 Å². The van der Waals surface area contributed by atoms with Crippen molar-refractivity contribution in [3.63, 3.8) is 0 Å². The Morgan fingerprint density at radius 3 is 2.71 bits per heavy atom. The molecule has 5 nitrogen and oxygen atoms in total. The number of carbonyl (C=O) groups is 1. The van der Waals surface area contributed by atoms with Crippen LogP contribution in [0.2, 0.25) is 0 Å². The lowest BCUT2D eigenvalue weighted by Gasteiger charge is -2.09. The van der Waals surface area contributed by atoms with Crippen LogP contribution in [0, 0.1) is 0 Å². The zero-order chi connectivity index (χ0) is 17.2. The second-order valence-electron chi connectivity index (χ2n) is 4.97. The summed E-state index contributed by atoms with van der Waals surface area (Å²) in [6, 6.07) is 14.9. The van der Waals surface area contributed by atoms with E-state index in [4.69, 9.17) is 9.47 Å². The van der Waals surface area contributed by atoms with Gasteiger partial charge in [0.15, 0.2) is 11.5 Å². The number of rotatable bonds is 8. The summed E-state index contributed by atoms with van der Waals surface area (Å²) in [6.45, 7) is 4.01. The van der Waals surface area contributed by atoms with Gasteiger partial charge in [0.1, 0.15) is 6.61 Å². The summed E-state index contributed by atoms with van der Waals surface area (Å²) in [6.07, 6.45) is 3.51. The van der Waals surface area contributed by atoms with E-state index >= 15 is 0 Å². The van der Waals surface area contributed by atoms with E-state index in [0.717, 1.165) is 11.1 Å². The first kappa shape index (κ1) is 17.3. The van der Waals surface area contributed by atoms with Gasteiger partial charge in [-0.25, -0.2) is 5.43 Å². The van der Waals surface area contributed by atoms with Crippen molar-refractivity contribution >= 4 is 12.1 Å². The third-order valence-electron chi connectivity index (χ3n) is 3.15. The molecule has 0 fully saturated rings. The molecule has 0 saturated heterocycles. The average Bonchev–Trinajstić information content (AvgIpc) is 2.61. The Bertz CT molecular complexity index is 712. The SMILES string of the molecule is C=CCOc1ccc(C=NNC(=O)Cc2ccccc2)cc1OC. The van der Waals surface area contributed by atoms with Crippen molar-refractivity contribution in [2.24, 2.45) is 5.10 Å². The molecule has 0 aliphatic carbocycles. The van der Waals surface area contributed by atoms with Crippen molar-refractivity contribution < 1.29 is 14.3 Å². The fourth-order valence-corrected chi connectivity index (χ4v) is 2.03. The fourth-order valence-electron chi connectivity index (χ4n) is 2.03. The Balaban J connectivity index is 1.93. The Morgan fingerprint density at radius 2 is 2.00 bits per heavy atom. The highest BCUT2D eigenvalue weighted by Gasteiger charge is 2.05. The van der Waals surface area contributed by atoms with E-state index in [1.165, 1.54) is 0 Å². The molecule has 5 heteroatoms. The molecule has 0 aromatic heterocycles. The van der Waals surface area contributed by atoms with E-state index in [2.05, 4.69) is 17.1 Å². The summed E-state index contributed by atoms with van der Waals surface area (Å²) >= 11 is 0. The maximum absolute atomic E-state index is 11.8. The maximum Gasteiger partial charge on any atom is 0.244 e. The van der Waals surface area contributed by atoms with E-state index in [0.29, 0.717) is 18.1 Å². The minimum atomic E-state index is -0.171. The van der Waals surface area contributed by atoms with Crippen LogP contribution in [-0.4, -0.2) is 25.8 Å². The third-order valence-corrected chi connectivity index (χ3v) is 3.15. The molecule has 2 aromatic rings. The summed E-state index contributed by atoms with van der Waals surface area (Å²) < 4.78 is 10.8. The number of methoxy groups -OCH3 is 1. The first-order valence-corrected chi connectivity index (χ1v) is 7.50. The topological polar surface area (TPSA) is 59.9 Å². The van der Waals surface area contributed by atoms with Crippen LogP contribution in [-0.2, 0) is 11.2 Å². The summed E-state index contributed by atoms with van der Waals surface area (Å²) in [4.78, 5) is 11.8. The first-order valence-electron chi connectivity index (χ1n) is 7.50. The van der Waals surface area contributed by atoms with E-state index in [1.54, 1.807) is 31.5 Å². The minimum absolute atomic E-state index is 0.171. The highest BCUT2D eigenvalue weighted by atomic mass is 16.5. The molecular formula is C19H20N2O3. The molecule has 124 valence electrons. The van der Waals surface area contributed by atoms with Gasteiger partial charge in [0.05, 0.1) is 19.7 Å². The van der Waals surface area contributed by atoms with Crippen LogP contribution < -0.4 is 14.9 Å². The van der Waals surface area contributed by atoms with Gasteiger partial charge in [-0.2, -0.15) is 5.10 Å². The standard InChI is InChI=1S/C19H20N2O3/c1-3-11-24-17-10-9-16(12-18(17)23-2)14-20-21-19(22)13-15-7-5-4-6-8-15/h3-10,12,14H,1,11,13H2,2H3,(H,21,22). The maximum atomic E-state index is 11.8. The average molecular weight is 324 g/mol. The lowest BCUT2D eigenvalue weighted by Crippen LogP contribution is -2.19. The number of ether oxygens (including phenoxy) is 2. The molecular weight excluding hydrogens is 304 g/mol. The van der Waals surface area contributed by atoms with Crippen LogP contribution in [0.3, 0.4) is 0 Å². The second kappa shape index (κ2) is 9.15. The van der Waals surface area contributed by atoms with Crippen LogP contribution in [0.15, 0.2) is 66.3 Å². The van der Waals surface area contributed by atoms with Gasteiger partial charge in [0.25, 0.3) is 0 Å². The van der Waals surface area contributed by atoms with Gasteiger partial charge in [-0.05, 0) is 29.3 Å². The van der Waals surface area contributed by atoms with Crippen LogP contribution in [0.25, 0.3) is 0 Å². The van der Waals surface area contributed by atoms with Crippen LogP contribution in [0.1, 0.15) is 11.1 Å². The number of carbonyl (C=O) groups excluding carboxylic acids is 1. The van der Waals surface area contributed by atoms with E-state index in [-0.39, 0.29) is 12.3 Å². The molecule has 1 N–H and O–H groups in total. The third kappa shape index (κ3) is 5.28. The molecule has 0 spiro atoms. The molecule has 0 aliphatic rings. The first-order chi connectivity index (χ1) is 11.7. The summed E-state index contributed by atoms with van der Waals surface area (Å²) in [7, 11) is 1.57. The van der Waals surface area contributed by atoms with Gasteiger partial charge >= 0.3 is 0 Å². The highest BCUT2D eigenvalue weighted by Crippen LogP contribution is 2.27. The Kier molecular flexibility index (Phi) is 6.58. The lowest BCUT2D eigenvalue weighted by molar-refractivity contribution is -0.120. The van der Waals surface area contributed by atoms with Crippen molar-refractivity contribution in [2.75, 3.05) is 13.7 Å². The summed E-state index contributed by atoms with van der Waals surface area (Å²) in [5.74, 6) is 1.05. The number of nitrogens with one attached hydrogen (secondary N) is 1. The summed E-state index contributed by atoms with van der Waals surface area (Å²) in [5.41, 5.74) is 4.24. The van der Waals surface area contributed by atoms with Gasteiger partial charge in [-0.15, -0.1) is 0 Å². The number of benzene rings is 2. The van der Waals surface area contributed by atoms with E-state index in [1.807, 2.05) is 36.4 Å². The monoisotopic (exact) mass is 324 g/mol. The molecule has 0 heterocycles. The van der Waals surface area contributed by atoms with Crippen molar-refractivity contribution in [2.45, 2.75) is 6.42 Å². The van der Waals surface area contributed by atoms with Gasteiger partial charge in [-0.1, -0.05) is 43.0 Å². The molecule has 2 aromatic carbocycles. The minimum Gasteiger partial charge on any atom is -0.493 e. The molecule has 24 heavy (non-hydrogen) atoms. The van der Waals surface area contributed by atoms with Gasteiger partial charge in [-0.3, -0.25) is 4.79 Å². The molecule has 0 aliphatic heterocycles. The molecule has 0 atom stereocenters. The Hall–Kier alpha value is -3.08. The zero-order valence-corrected chi connectivity index (χ0v) is 13.6. The fraction of sp³-hybridized carbons (Fsp3) is 0.158. The normalized spacial score (nSPS) is 10.4. The Morgan fingerprint density at radius 1 is 1.21 bits per heavy atom. The van der Waals surface area contributed by atoms with Crippen molar-refractivity contribution in [3.8, 4) is 11.5 Å². The predicted octanol–water partition coefficient (Wildman–Crippen LogP) is 2.95. The molecule has 0 saturated carbocycles. The number of hydrogen-bond acceptors (Lipinski definition) is 4. The molecule has 0 unspecified atom stereocenters. The van der Waals surface area contributed by atoms with Gasteiger partial charge in [0, 0.05) is 0 Å². The van der Waals surface area contributed by atoms with Crippen LogP contribution >= 0.6 is 0 Å². The quantitative estimate of drug-likeness (QED) is 0.461. The number of hydrazone groups is 1. The van der Waals surface area contributed by atoms with Crippen LogP contribution in [0.4, 0.5) is 0 Å². The highest BCUT2D eigenvalue weighted by molar-refractivity contribution is 5.84. The van der Waals surface area contributed by atoms with E-state index in [9.17, 15) is 4.79 Å². The van der Waals surface area contributed by atoms with Crippen molar-refractivity contribution in [3.05, 3.63) is 72.3 Å². The van der Waals surface area contributed by atoms with Crippen molar-refractivity contribution in [1.82, 2.24) is 5.43 Å².